The van der Waals surface area contributed by atoms with Crippen LogP contribution in [-0.4, -0.2) is 65.9 Å². The lowest BCUT2D eigenvalue weighted by Gasteiger charge is -2.32. The van der Waals surface area contributed by atoms with Gasteiger partial charge < -0.3 is 37.3 Å². The molecule has 0 bridgehead atoms. The number of carbonyl (C=O) groups excluding carboxylic acids is 3. The van der Waals surface area contributed by atoms with E-state index in [0.717, 1.165) is 37.4 Å². The van der Waals surface area contributed by atoms with Crippen molar-refractivity contribution in [2.45, 2.75) is 79.5 Å². The fourth-order valence-electron chi connectivity index (χ4n) is 6.15. The summed E-state index contributed by atoms with van der Waals surface area (Å²) in [5, 5.41) is 11.2. The number of aromatic amines is 1. The molecular formula is C37H46ClN7O3S. The van der Waals surface area contributed by atoms with Crippen molar-refractivity contribution in [3.05, 3.63) is 94.6 Å². The van der Waals surface area contributed by atoms with Gasteiger partial charge in [0.25, 0.3) is 0 Å². The Morgan fingerprint density at radius 1 is 0.837 bits per heavy atom. The monoisotopic (exact) mass is 703 g/mol. The number of hydrogen-bond acceptors (Lipinski definition) is 7. The number of amides is 3. The molecule has 260 valence electrons. The molecule has 49 heavy (non-hydrogen) atoms. The van der Waals surface area contributed by atoms with Crippen LogP contribution in [-0.2, 0) is 33.9 Å². The summed E-state index contributed by atoms with van der Waals surface area (Å²) in [5.74, 6) is -0.913. The Balaban J connectivity index is 1.55. The molecule has 0 saturated heterocycles. The maximum atomic E-state index is 14.3. The minimum absolute atomic E-state index is 0.239. The van der Waals surface area contributed by atoms with Crippen molar-refractivity contribution in [3.8, 4) is 0 Å². The second-order valence-corrected chi connectivity index (χ2v) is 13.9. The van der Waals surface area contributed by atoms with Crippen LogP contribution in [0.3, 0.4) is 0 Å². The van der Waals surface area contributed by atoms with Crippen molar-refractivity contribution in [2.24, 2.45) is 11.5 Å². The second-order valence-electron chi connectivity index (χ2n) is 12.4. The zero-order valence-corrected chi connectivity index (χ0v) is 29.4. The zero-order valence-electron chi connectivity index (χ0n) is 27.8. The number of rotatable bonds is 9. The van der Waals surface area contributed by atoms with Crippen LogP contribution in [0.1, 0.15) is 48.8 Å². The molecular weight excluding hydrogens is 658 g/mol. The van der Waals surface area contributed by atoms with E-state index in [0.29, 0.717) is 56.8 Å². The van der Waals surface area contributed by atoms with E-state index in [4.69, 9.17) is 23.1 Å². The number of fused-ring (bicyclic) bond motifs is 3. The van der Waals surface area contributed by atoms with Crippen LogP contribution in [0.5, 0.6) is 0 Å². The number of aromatic nitrogens is 1. The van der Waals surface area contributed by atoms with E-state index in [2.05, 4.69) is 20.9 Å². The van der Waals surface area contributed by atoms with Crippen LogP contribution in [0.15, 0.2) is 82.7 Å². The van der Waals surface area contributed by atoms with Gasteiger partial charge in [0.2, 0.25) is 17.7 Å². The third-order valence-electron chi connectivity index (χ3n) is 8.99. The fourth-order valence-corrected chi connectivity index (χ4v) is 7.50. The molecule has 0 aliphatic carbocycles. The van der Waals surface area contributed by atoms with Crippen molar-refractivity contribution in [1.82, 2.24) is 25.8 Å². The molecule has 8 N–H and O–H groups in total. The first-order valence-corrected chi connectivity index (χ1v) is 18.1. The normalized spacial score (nSPS) is 19.6. The van der Waals surface area contributed by atoms with Crippen molar-refractivity contribution in [1.29, 1.82) is 0 Å². The number of hydrogen-bond donors (Lipinski definition) is 6. The number of carbonyl (C=O) groups is 3. The van der Waals surface area contributed by atoms with Gasteiger partial charge in [-0.15, -0.1) is 0 Å². The van der Waals surface area contributed by atoms with E-state index in [1.807, 2.05) is 72.9 Å². The molecule has 12 heteroatoms. The average Bonchev–Trinajstić information content (AvgIpc) is 3.52. The van der Waals surface area contributed by atoms with Crippen LogP contribution < -0.4 is 27.4 Å². The lowest BCUT2D eigenvalue weighted by atomic mass is 10.0. The summed E-state index contributed by atoms with van der Waals surface area (Å²) < 4.78 is 0. The highest BCUT2D eigenvalue weighted by Crippen LogP contribution is 2.35. The van der Waals surface area contributed by atoms with Crippen LogP contribution in [0.2, 0.25) is 5.02 Å². The maximum Gasteiger partial charge on any atom is 0.245 e. The molecule has 0 radical (unpaired) electrons. The van der Waals surface area contributed by atoms with Gasteiger partial charge in [0, 0.05) is 58.5 Å². The van der Waals surface area contributed by atoms with Gasteiger partial charge in [-0.1, -0.05) is 65.8 Å². The van der Waals surface area contributed by atoms with Gasteiger partial charge in [-0.05, 0) is 86.1 Å². The van der Waals surface area contributed by atoms with E-state index in [9.17, 15) is 14.4 Å². The summed E-state index contributed by atoms with van der Waals surface area (Å²) in [6.07, 6.45) is 5.04. The molecule has 3 aromatic carbocycles. The van der Waals surface area contributed by atoms with E-state index in [1.54, 1.807) is 18.8 Å². The van der Waals surface area contributed by atoms with Crippen LogP contribution in [0, 0.1) is 0 Å². The highest BCUT2D eigenvalue weighted by atomic mass is 35.5. The van der Waals surface area contributed by atoms with Gasteiger partial charge in [-0.2, -0.15) is 0 Å². The number of halogens is 1. The fraction of sp³-hybridized carbons (Fsp3) is 0.378. The van der Waals surface area contributed by atoms with Crippen LogP contribution in [0.4, 0.5) is 0 Å². The number of unbranched alkanes of at least 4 members (excludes halogenated alkanes) is 1. The topological polar surface area (TPSA) is 158 Å². The molecule has 1 aliphatic heterocycles. The molecule has 2 heterocycles. The van der Waals surface area contributed by atoms with Gasteiger partial charge in [0.1, 0.15) is 12.1 Å². The van der Waals surface area contributed by atoms with E-state index in [1.165, 1.54) is 4.90 Å². The summed E-state index contributed by atoms with van der Waals surface area (Å²) in [6, 6.07) is 19.2. The summed E-state index contributed by atoms with van der Waals surface area (Å²) in [6.45, 7) is 1.57. The van der Waals surface area contributed by atoms with Gasteiger partial charge in [-0.25, -0.2) is 0 Å². The van der Waals surface area contributed by atoms with Crippen molar-refractivity contribution < 1.29 is 14.4 Å². The third-order valence-corrected chi connectivity index (χ3v) is 10.4. The van der Waals surface area contributed by atoms with Crippen molar-refractivity contribution in [2.75, 3.05) is 20.1 Å². The number of likely N-dealkylation sites (N-methyl/N-ethyl adjacent to an activating group) is 1. The average molecular weight is 704 g/mol. The second kappa shape index (κ2) is 17.7. The number of benzene rings is 3. The van der Waals surface area contributed by atoms with Gasteiger partial charge in [0.05, 0.1) is 6.04 Å². The largest absolute Gasteiger partial charge is 0.361 e. The highest BCUT2D eigenvalue weighted by Gasteiger charge is 2.34. The third kappa shape index (κ3) is 9.43. The molecule has 0 fully saturated rings. The summed E-state index contributed by atoms with van der Waals surface area (Å²) in [4.78, 5) is 49.1. The Morgan fingerprint density at radius 2 is 1.57 bits per heavy atom. The van der Waals surface area contributed by atoms with Gasteiger partial charge >= 0.3 is 0 Å². The quantitative estimate of drug-likeness (QED) is 0.140. The number of nitrogens with one attached hydrogen (secondary N) is 4. The molecule has 4 aromatic rings. The Morgan fingerprint density at radius 3 is 2.39 bits per heavy atom. The van der Waals surface area contributed by atoms with Crippen LogP contribution in [0.25, 0.3) is 10.9 Å². The molecule has 10 nitrogen and oxygen atoms in total. The lowest BCUT2D eigenvalue weighted by molar-refractivity contribution is -0.142. The number of nitrogens with two attached hydrogens (primary N) is 2. The zero-order chi connectivity index (χ0) is 34.8. The molecule has 5 rings (SSSR count). The minimum atomic E-state index is -0.855. The first-order chi connectivity index (χ1) is 23.8. The Hall–Kier alpha value is -3.87. The number of H-pyrrole nitrogens is 1. The van der Waals surface area contributed by atoms with Crippen LogP contribution >= 0.6 is 23.4 Å². The van der Waals surface area contributed by atoms with E-state index in [-0.39, 0.29) is 30.7 Å². The van der Waals surface area contributed by atoms with E-state index < -0.39 is 18.1 Å². The summed E-state index contributed by atoms with van der Waals surface area (Å²) in [5.41, 5.74) is 15.4. The summed E-state index contributed by atoms with van der Waals surface area (Å²) >= 11 is 8.03. The molecule has 1 aliphatic rings. The van der Waals surface area contributed by atoms with E-state index >= 15 is 0 Å². The van der Waals surface area contributed by atoms with Crippen molar-refractivity contribution >= 4 is 52.0 Å². The molecule has 3 amide bonds. The molecule has 0 saturated carbocycles. The Kier molecular flexibility index (Phi) is 13.1. The minimum Gasteiger partial charge on any atom is -0.361 e. The summed E-state index contributed by atoms with van der Waals surface area (Å²) in [7, 11) is 1.64. The first-order valence-electron chi connectivity index (χ1n) is 16.9. The number of nitrogens with zero attached hydrogens (tertiary/aromatic N) is 1. The Labute approximate surface area is 297 Å². The lowest BCUT2D eigenvalue weighted by Crippen LogP contribution is -2.57. The first kappa shape index (κ1) is 36.4. The highest BCUT2D eigenvalue weighted by molar-refractivity contribution is 7.99. The maximum absolute atomic E-state index is 14.3. The Bertz CT molecular complexity index is 1750. The SMILES string of the molecule is CN1C(=O)[C@H](CCCCN)NC(=O)[C@H](CCCN)NCc2ccccc2Sc2cc(Cl)ccc2CNC(=O)[C@@H]1Cc1c[nH]c2ccccc12. The van der Waals surface area contributed by atoms with Gasteiger partial charge in [0.15, 0.2) is 0 Å². The number of para-hydroxylation sites is 1. The predicted molar refractivity (Wildman–Crippen MR) is 196 cm³/mol. The molecule has 0 spiro atoms. The molecule has 1 aromatic heterocycles. The smallest absolute Gasteiger partial charge is 0.245 e. The molecule has 0 unspecified atom stereocenters. The molecule has 3 atom stereocenters. The van der Waals surface area contributed by atoms with Gasteiger partial charge in [-0.3, -0.25) is 14.4 Å². The standard InChI is InChI=1S/C37H46ClN7O3S/c1-45-32(19-26-23-41-29-11-4-3-10-28(26)29)36(47)43-22-25-15-16-27(38)20-34(25)49-33-14-5-2-9-24(33)21-42-30(13-8-18-40)35(46)44-31(37(45)48)12-6-7-17-39/h2-5,9-11,14-16,20,23,30-32,41-42H,6-8,12-13,17-19,21-22,39-40H2,1H3,(H,43,47)(H,44,46)/t30-,31-,32-/m0/s1. The van der Waals surface area contributed by atoms with Crippen molar-refractivity contribution in [3.63, 3.8) is 0 Å². The predicted octanol–water partition coefficient (Wildman–Crippen LogP) is 4.48.